The van der Waals surface area contributed by atoms with Crippen LogP contribution in [0.3, 0.4) is 0 Å². The van der Waals surface area contributed by atoms with E-state index >= 15 is 0 Å². The molecule has 18 heavy (non-hydrogen) atoms. The molecule has 1 amide bonds. The average molecular weight is 246 g/mol. The highest BCUT2D eigenvalue weighted by molar-refractivity contribution is 5.88. The molecular formula is C12H14N4O2. The van der Waals surface area contributed by atoms with Crippen LogP contribution in [0.4, 0.5) is 5.69 Å². The number of carbonyl (C=O) groups excluding carboxylic acids is 1. The fourth-order valence-electron chi connectivity index (χ4n) is 1.50. The van der Waals surface area contributed by atoms with Crippen LogP contribution in [-0.4, -0.2) is 16.0 Å². The van der Waals surface area contributed by atoms with Crippen molar-refractivity contribution < 1.29 is 9.32 Å². The van der Waals surface area contributed by atoms with E-state index in [1.807, 2.05) is 24.3 Å². The van der Waals surface area contributed by atoms with E-state index in [0.29, 0.717) is 18.9 Å². The molecule has 0 aliphatic rings. The molecule has 0 fully saturated rings. The minimum atomic E-state index is -0.0713. The molecule has 6 heteroatoms. The number of benzene rings is 1. The number of anilines is 1. The van der Waals surface area contributed by atoms with Gasteiger partial charge in [0.1, 0.15) is 0 Å². The SMILES string of the molecule is CC(=O)Nc1ccc(CNCc2ncon2)cc1. The van der Waals surface area contributed by atoms with Crippen LogP contribution in [0.2, 0.25) is 0 Å². The van der Waals surface area contributed by atoms with Gasteiger partial charge in [0.2, 0.25) is 12.3 Å². The van der Waals surface area contributed by atoms with Gasteiger partial charge < -0.3 is 15.2 Å². The predicted octanol–water partition coefficient (Wildman–Crippen LogP) is 1.32. The molecule has 0 bridgehead atoms. The summed E-state index contributed by atoms with van der Waals surface area (Å²) < 4.78 is 4.63. The Balaban J connectivity index is 1.81. The molecule has 2 N–H and O–H groups in total. The zero-order chi connectivity index (χ0) is 12.8. The maximum atomic E-state index is 10.9. The Hall–Kier alpha value is -2.21. The maximum absolute atomic E-state index is 10.9. The average Bonchev–Trinajstić information content (AvgIpc) is 2.84. The highest BCUT2D eigenvalue weighted by atomic mass is 16.5. The number of nitrogens with one attached hydrogen (secondary N) is 2. The zero-order valence-corrected chi connectivity index (χ0v) is 10.0. The molecule has 94 valence electrons. The van der Waals surface area contributed by atoms with Crippen molar-refractivity contribution in [2.75, 3.05) is 5.32 Å². The quantitative estimate of drug-likeness (QED) is 0.831. The Morgan fingerprint density at radius 1 is 1.28 bits per heavy atom. The summed E-state index contributed by atoms with van der Waals surface area (Å²) in [6.45, 7) is 2.75. The molecule has 1 aromatic heterocycles. The Bertz CT molecular complexity index is 493. The highest BCUT2D eigenvalue weighted by Gasteiger charge is 1.99. The number of aromatic nitrogens is 2. The Labute approximate surface area is 104 Å². The second-order valence-electron chi connectivity index (χ2n) is 3.83. The van der Waals surface area contributed by atoms with E-state index in [1.165, 1.54) is 13.3 Å². The van der Waals surface area contributed by atoms with Crippen LogP contribution in [0.1, 0.15) is 18.3 Å². The van der Waals surface area contributed by atoms with E-state index in [1.54, 1.807) is 0 Å². The molecule has 0 aliphatic carbocycles. The lowest BCUT2D eigenvalue weighted by Crippen LogP contribution is -2.13. The number of nitrogens with zero attached hydrogens (tertiary/aromatic N) is 2. The van der Waals surface area contributed by atoms with Crippen LogP contribution in [0.15, 0.2) is 35.2 Å². The first kappa shape index (κ1) is 12.3. The number of carbonyl (C=O) groups is 1. The zero-order valence-electron chi connectivity index (χ0n) is 10.0. The summed E-state index contributed by atoms with van der Waals surface area (Å²) in [5.41, 5.74) is 1.91. The molecular weight excluding hydrogens is 232 g/mol. The van der Waals surface area contributed by atoms with Crippen LogP contribution in [0.5, 0.6) is 0 Å². The summed E-state index contributed by atoms with van der Waals surface area (Å²) in [6.07, 6.45) is 1.30. The fraction of sp³-hybridized carbons (Fsp3) is 0.250. The Morgan fingerprint density at radius 3 is 2.67 bits per heavy atom. The predicted molar refractivity (Wildman–Crippen MR) is 65.6 cm³/mol. The molecule has 2 rings (SSSR count). The van der Waals surface area contributed by atoms with Crippen molar-refractivity contribution in [1.29, 1.82) is 0 Å². The van der Waals surface area contributed by atoms with E-state index in [4.69, 9.17) is 0 Å². The van der Waals surface area contributed by atoms with Crippen molar-refractivity contribution in [3.63, 3.8) is 0 Å². The van der Waals surface area contributed by atoms with E-state index in [-0.39, 0.29) is 5.91 Å². The summed E-state index contributed by atoms with van der Waals surface area (Å²) in [5, 5.41) is 9.61. The van der Waals surface area contributed by atoms with Crippen molar-refractivity contribution in [3.05, 3.63) is 42.0 Å². The minimum Gasteiger partial charge on any atom is -0.343 e. The summed E-state index contributed by atoms with van der Waals surface area (Å²) in [7, 11) is 0. The largest absolute Gasteiger partial charge is 0.343 e. The smallest absolute Gasteiger partial charge is 0.221 e. The van der Waals surface area contributed by atoms with Crippen molar-refractivity contribution in [1.82, 2.24) is 15.5 Å². The van der Waals surface area contributed by atoms with Crippen LogP contribution >= 0.6 is 0 Å². The van der Waals surface area contributed by atoms with E-state index < -0.39 is 0 Å². The fourth-order valence-corrected chi connectivity index (χ4v) is 1.50. The summed E-state index contributed by atoms with van der Waals surface area (Å²) in [4.78, 5) is 14.8. The third-order valence-corrected chi connectivity index (χ3v) is 2.29. The number of hydrogen-bond acceptors (Lipinski definition) is 5. The standard InChI is InChI=1S/C12H14N4O2/c1-9(17)15-11-4-2-10(3-5-11)6-13-7-12-14-8-18-16-12/h2-5,8,13H,6-7H2,1H3,(H,15,17). The van der Waals surface area contributed by atoms with Gasteiger partial charge in [0.25, 0.3) is 0 Å². The lowest BCUT2D eigenvalue weighted by atomic mass is 10.2. The van der Waals surface area contributed by atoms with E-state index in [2.05, 4.69) is 25.3 Å². The van der Waals surface area contributed by atoms with Gasteiger partial charge in [0.05, 0.1) is 6.54 Å². The molecule has 1 heterocycles. The van der Waals surface area contributed by atoms with Gasteiger partial charge in [0, 0.05) is 19.2 Å². The van der Waals surface area contributed by atoms with Gasteiger partial charge in [-0.25, -0.2) is 0 Å². The molecule has 0 saturated heterocycles. The summed E-state index contributed by atoms with van der Waals surface area (Å²) >= 11 is 0. The van der Waals surface area contributed by atoms with Gasteiger partial charge in [-0.2, -0.15) is 4.98 Å². The van der Waals surface area contributed by atoms with Crippen molar-refractivity contribution in [3.8, 4) is 0 Å². The van der Waals surface area contributed by atoms with Crippen LogP contribution in [0, 0.1) is 0 Å². The summed E-state index contributed by atoms with van der Waals surface area (Å²) in [6, 6.07) is 7.64. The van der Waals surface area contributed by atoms with E-state index in [9.17, 15) is 4.79 Å². The van der Waals surface area contributed by atoms with Gasteiger partial charge in [-0.1, -0.05) is 17.3 Å². The first-order valence-corrected chi connectivity index (χ1v) is 5.56. The Morgan fingerprint density at radius 2 is 2.06 bits per heavy atom. The highest BCUT2D eigenvalue weighted by Crippen LogP contribution is 2.09. The molecule has 0 unspecified atom stereocenters. The van der Waals surface area contributed by atoms with Gasteiger partial charge in [-0.05, 0) is 17.7 Å². The van der Waals surface area contributed by atoms with E-state index in [0.717, 1.165) is 11.3 Å². The number of hydrogen-bond donors (Lipinski definition) is 2. The van der Waals surface area contributed by atoms with Crippen molar-refractivity contribution >= 4 is 11.6 Å². The molecule has 0 spiro atoms. The van der Waals surface area contributed by atoms with Crippen LogP contribution < -0.4 is 10.6 Å². The maximum Gasteiger partial charge on any atom is 0.221 e. The van der Waals surface area contributed by atoms with Crippen molar-refractivity contribution in [2.24, 2.45) is 0 Å². The van der Waals surface area contributed by atoms with Gasteiger partial charge in [-0.15, -0.1) is 0 Å². The molecule has 1 aromatic carbocycles. The molecule has 0 radical (unpaired) electrons. The summed E-state index contributed by atoms with van der Waals surface area (Å²) in [5.74, 6) is 0.558. The normalized spacial score (nSPS) is 10.3. The van der Waals surface area contributed by atoms with Gasteiger partial charge in [0.15, 0.2) is 5.82 Å². The van der Waals surface area contributed by atoms with Gasteiger partial charge in [-0.3, -0.25) is 4.79 Å². The lowest BCUT2D eigenvalue weighted by Gasteiger charge is -2.05. The molecule has 2 aromatic rings. The second kappa shape index (κ2) is 5.92. The molecule has 6 nitrogen and oxygen atoms in total. The third kappa shape index (κ3) is 3.67. The first-order valence-electron chi connectivity index (χ1n) is 5.56. The van der Waals surface area contributed by atoms with Gasteiger partial charge >= 0.3 is 0 Å². The molecule has 0 aliphatic heterocycles. The van der Waals surface area contributed by atoms with Crippen LogP contribution in [0.25, 0.3) is 0 Å². The lowest BCUT2D eigenvalue weighted by molar-refractivity contribution is -0.114. The molecule has 0 atom stereocenters. The minimum absolute atomic E-state index is 0.0713. The topological polar surface area (TPSA) is 80.0 Å². The Kier molecular flexibility index (Phi) is 4.03. The third-order valence-electron chi connectivity index (χ3n) is 2.29. The van der Waals surface area contributed by atoms with Crippen molar-refractivity contribution in [2.45, 2.75) is 20.0 Å². The monoisotopic (exact) mass is 246 g/mol. The number of amides is 1. The first-order chi connectivity index (χ1) is 8.74. The van der Waals surface area contributed by atoms with Crippen LogP contribution in [-0.2, 0) is 17.9 Å². The second-order valence-corrected chi connectivity index (χ2v) is 3.83. The number of rotatable bonds is 5. The molecule has 0 saturated carbocycles.